The second kappa shape index (κ2) is 4.00. The maximum absolute atomic E-state index is 11.4. The number of hydrogen-bond donors (Lipinski definition) is 1. The van der Waals surface area contributed by atoms with E-state index in [4.69, 9.17) is 4.74 Å². The largest absolute Gasteiger partial charge is 0.450 e. The first-order chi connectivity index (χ1) is 7.15. The Morgan fingerprint density at radius 3 is 2.53 bits per heavy atom. The van der Waals surface area contributed by atoms with Crippen LogP contribution in [-0.4, -0.2) is 41.9 Å². The topological polar surface area (TPSA) is 49.8 Å². The van der Waals surface area contributed by atoms with Crippen molar-refractivity contribution in [1.82, 2.24) is 4.90 Å². The van der Waals surface area contributed by atoms with Gasteiger partial charge in [-0.3, -0.25) is 0 Å². The van der Waals surface area contributed by atoms with Crippen molar-refractivity contribution in [1.29, 1.82) is 0 Å². The molecule has 1 aliphatic carbocycles. The zero-order valence-electron chi connectivity index (χ0n) is 9.24. The van der Waals surface area contributed by atoms with Crippen molar-refractivity contribution in [3.8, 4) is 0 Å². The molecule has 0 aromatic carbocycles. The van der Waals surface area contributed by atoms with Crippen molar-refractivity contribution in [2.45, 2.75) is 38.7 Å². The Morgan fingerprint density at radius 1 is 1.47 bits per heavy atom. The van der Waals surface area contributed by atoms with Crippen LogP contribution in [0.2, 0.25) is 0 Å². The van der Waals surface area contributed by atoms with Crippen molar-refractivity contribution >= 4 is 6.09 Å². The second-order valence-electron chi connectivity index (χ2n) is 4.75. The fourth-order valence-electron chi connectivity index (χ4n) is 2.73. The van der Waals surface area contributed by atoms with E-state index in [0.717, 1.165) is 38.8 Å². The average molecular weight is 213 g/mol. The van der Waals surface area contributed by atoms with Gasteiger partial charge in [0.05, 0.1) is 12.7 Å². The van der Waals surface area contributed by atoms with Crippen molar-refractivity contribution in [2.24, 2.45) is 5.41 Å². The molecule has 0 bridgehead atoms. The fraction of sp³-hybridized carbons (Fsp3) is 0.909. The molecule has 4 heteroatoms. The predicted molar refractivity (Wildman–Crippen MR) is 55.5 cm³/mol. The number of likely N-dealkylation sites (tertiary alicyclic amines) is 1. The van der Waals surface area contributed by atoms with E-state index in [0.29, 0.717) is 12.0 Å². The molecule has 1 aliphatic heterocycles. The Morgan fingerprint density at radius 2 is 2.07 bits per heavy atom. The van der Waals surface area contributed by atoms with Gasteiger partial charge in [-0.25, -0.2) is 4.79 Å². The molecule has 0 unspecified atom stereocenters. The molecule has 15 heavy (non-hydrogen) atoms. The van der Waals surface area contributed by atoms with E-state index >= 15 is 0 Å². The molecule has 2 rings (SSSR count). The number of ether oxygens (including phenoxy) is 1. The van der Waals surface area contributed by atoms with Crippen LogP contribution >= 0.6 is 0 Å². The second-order valence-corrected chi connectivity index (χ2v) is 4.75. The molecule has 2 fully saturated rings. The minimum Gasteiger partial charge on any atom is -0.450 e. The molecule has 0 aromatic rings. The first-order valence-electron chi connectivity index (χ1n) is 5.75. The Bertz CT molecular complexity index is 238. The van der Waals surface area contributed by atoms with Crippen LogP contribution in [0.25, 0.3) is 0 Å². The Hall–Kier alpha value is -0.770. The smallest absolute Gasteiger partial charge is 0.409 e. The van der Waals surface area contributed by atoms with E-state index in [2.05, 4.69) is 0 Å². The minimum absolute atomic E-state index is 0.0980. The number of hydrogen-bond acceptors (Lipinski definition) is 3. The van der Waals surface area contributed by atoms with Gasteiger partial charge in [0, 0.05) is 13.1 Å². The van der Waals surface area contributed by atoms with Crippen LogP contribution in [0.1, 0.15) is 32.6 Å². The monoisotopic (exact) mass is 213 g/mol. The van der Waals surface area contributed by atoms with Crippen LogP contribution in [0.3, 0.4) is 0 Å². The quantitative estimate of drug-likeness (QED) is 0.716. The molecule has 1 heterocycles. The SMILES string of the molecule is CCOC(=O)N1CCC2(CC1)CC(O)C2. The van der Waals surface area contributed by atoms with E-state index in [-0.39, 0.29) is 12.2 Å². The summed E-state index contributed by atoms with van der Waals surface area (Å²) in [6.07, 6.45) is 3.59. The van der Waals surface area contributed by atoms with E-state index in [9.17, 15) is 9.90 Å². The van der Waals surface area contributed by atoms with Crippen LogP contribution in [0.5, 0.6) is 0 Å². The van der Waals surface area contributed by atoms with Crippen LogP contribution < -0.4 is 0 Å². The van der Waals surface area contributed by atoms with Crippen molar-refractivity contribution in [3.63, 3.8) is 0 Å². The van der Waals surface area contributed by atoms with Crippen molar-refractivity contribution in [3.05, 3.63) is 0 Å². The van der Waals surface area contributed by atoms with Gasteiger partial charge in [-0.2, -0.15) is 0 Å². The predicted octanol–water partition coefficient (Wildman–Crippen LogP) is 1.38. The molecule has 1 saturated heterocycles. The molecule has 0 atom stereocenters. The molecule has 1 saturated carbocycles. The van der Waals surface area contributed by atoms with E-state index in [1.54, 1.807) is 4.90 Å². The fourth-order valence-corrected chi connectivity index (χ4v) is 2.73. The van der Waals surface area contributed by atoms with Crippen LogP contribution in [0, 0.1) is 5.41 Å². The summed E-state index contributed by atoms with van der Waals surface area (Å²) in [5.41, 5.74) is 0.336. The van der Waals surface area contributed by atoms with Gasteiger partial charge < -0.3 is 14.7 Å². The number of nitrogens with zero attached hydrogens (tertiary/aromatic N) is 1. The normalized spacial score (nSPS) is 25.1. The van der Waals surface area contributed by atoms with Gasteiger partial charge in [-0.05, 0) is 38.0 Å². The lowest BCUT2D eigenvalue weighted by molar-refractivity contribution is -0.0656. The molecule has 1 amide bonds. The molecule has 1 spiro atoms. The zero-order valence-corrected chi connectivity index (χ0v) is 9.24. The van der Waals surface area contributed by atoms with Gasteiger partial charge in [0.25, 0.3) is 0 Å². The summed E-state index contributed by atoms with van der Waals surface area (Å²) >= 11 is 0. The third-order valence-corrected chi connectivity index (χ3v) is 3.69. The zero-order chi connectivity index (χ0) is 10.9. The summed E-state index contributed by atoms with van der Waals surface area (Å²) in [6, 6.07) is 0. The van der Waals surface area contributed by atoms with Gasteiger partial charge in [0.1, 0.15) is 0 Å². The summed E-state index contributed by atoms with van der Waals surface area (Å²) in [4.78, 5) is 13.2. The third-order valence-electron chi connectivity index (χ3n) is 3.69. The van der Waals surface area contributed by atoms with Gasteiger partial charge in [0.2, 0.25) is 0 Å². The highest BCUT2D eigenvalue weighted by atomic mass is 16.6. The van der Waals surface area contributed by atoms with Gasteiger partial charge >= 0.3 is 6.09 Å². The Labute approximate surface area is 90.2 Å². The maximum atomic E-state index is 11.4. The van der Waals surface area contributed by atoms with Crippen molar-refractivity contribution in [2.75, 3.05) is 19.7 Å². The van der Waals surface area contributed by atoms with Crippen LogP contribution in [0.15, 0.2) is 0 Å². The molecular weight excluding hydrogens is 194 g/mol. The number of rotatable bonds is 1. The summed E-state index contributed by atoms with van der Waals surface area (Å²) in [5, 5.41) is 9.32. The highest BCUT2D eigenvalue weighted by Crippen LogP contribution is 2.48. The third kappa shape index (κ3) is 2.09. The summed E-state index contributed by atoms with van der Waals surface area (Å²) in [6.45, 7) is 3.84. The minimum atomic E-state index is -0.188. The van der Waals surface area contributed by atoms with E-state index in [1.165, 1.54) is 0 Å². The number of carbonyl (C=O) groups excluding carboxylic acids is 1. The Kier molecular flexibility index (Phi) is 2.87. The number of piperidine rings is 1. The summed E-state index contributed by atoms with van der Waals surface area (Å²) < 4.78 is 4.96. The van der Waals surface area contributed by atoms with Crippen LogP contribution in [0.4, 0.5) is 4.79 Å². The number of amides is 1. The molecule has 0 aromatic heterocycles. The first-order valence-corrected chi connectivity index (χ1v) is 5.75. The van der Waals surface area contributed by atoms with Crippen LogP contribution in [-0.2, 0) is 4.74 Å². The molecular formula is C11H19NO3. The number of carbonyl (C=O) groups is 1. The van der Waals surface area contributed by atoms with Crippen molar-refractivity contribution < 1.29 is 14.6 Å². The first kappa shape index (κ1) is 10.7. The lowest BCUT2D eigenvalue weighted by Crippen LogP contribution is -2.50. The molecule has 2 aliphatic rings. The van der Waals surface area contributed by atoms with Gasteiger partial charge in [-0.15, -0.1) is 0 Å². The molecule has 0 radical (unpaired) electrons. The summed E-state index contributed by atoms with van der Waals surface area (Å²) in [7, 11) is 0. The number of aliphatic hydroxyl groups is 1. The Balaban J connectivity index is 1.79. The summed E-state index contributed by atoms with van der Waals surface area (Å²) in [5.74, 6) is 0. The van der Waals surface area contributed by atoms with E-state index in [1.807, 2.05) is 6.92 Å². The maximum Gasteiger partial charge on any atom is 0.409 e. The number of aliphatic hydroxyl groups excluding tert-OH is 1. The molecule has 1 N–H and O–H groups in total. The molecule has 4 nitrogen and oxygen atoms in total. The van der Waals surface area contributed by atoms with E-state index < -0.39 is 0 Å². The van der Waals surface area contributed by atoms with Gasteiger partial charge in [-0.1, -0.05) is 0 Å². The van der Waals surface area contributed by atoms with Gasteiger partial charge in [0.15, 0.2) is 0 Å². The highest BCUT2D eigenvalue weighted by Gasteiger charge is 2.45. The average Bonchev–Trinajstić information content (AvgIpc) is 2.17. The lowest BCUT2D eigenvalue weighted by atomic mass is 9.61. The lowest BCUT2D eigenvalue weighted by Gasteiger charge is -2.50. The standard InChI is InChI=1S/C11H19NO3/c1-2-15-10(14)12-5-3-11(4-6-12)7-9(13)8-11/h9,13H,2-8H2,1H3. The highest BCUT2D eigenvalue weighted by molar-refractivity contribution is 5.67. The molecule has 86 valence electrons.